The number of halogens is 1. The second-order valence-electron chi connectivity index (χ2n) is 7.58. The Morgan fingerprint density at radius 1 is 1.17 bits per heavy atom. The SMILES string of the molecule is CNC(=O)NC(=O)COC(=O)CC12C[C@@H]3C[C@@H](CC(Br)(C3)C1)C2. The molecule has 4 atom stereocenters. The van der Waals surface area contributed by atoms with Crippen LogP contribution in [0, 0.1) is 17.3 Å². The maximum atomic E-state index is 12.2. The van der Waals surface area contributed by atoms with Crippen molar-refractivity contribution < 1.29 is 19.1 Å². The van der Waals surface area contributed by atoms with E-state index in [4.69, 9.17) is 4.74 Å². The zero-order valence-corrected chi connectivity index (χ0v) is 14.9. The lowest BCUT2D eigenvalue weighted by molar-refractivity contribution is -0.154. The number of hydrogen-bond acceptors (Lipinski definition) is 4. The fourth-order valence-corrected chi connectivity index (χ4v) is 6.78. The summed E-state index contributed by atoms with van der Waals surface area (Å²) in [4.78, 5) is 34.7. The van der Waals surface area contributed by atoms with Crippen molar-refractivity contribution >= 4 is 33.8 Å². The van der Waals surface area contributed by atoms with E-state index in [1.165, 1.54) is 26.3 Å². The lowest BCUT2D eigenvalue weighted by Crippen LogP contribution is -2.53. The van der Waals surface area contributed by atoms with Crippen molar-refractivity contribution in [3.05, 3.63) is 0 Å². The molecule has 0 heterocycles. The van der Waals surface area contributed by atoms with Gasteiger partial charge in [0.05, 0.1) is 6.42 Å². The number of carbonyl (C=O) groups excluding carboxylic acids is 3. The number of rotatable bonds is 4. The predicted octanol–water partition coefficient (Wildman–Crippen LogP) is 2.11. The van der Waals surface area contributed by atoms with Crippen LogP contribution in [-0.4, -0.2) is 35.9 Å². The Morgan fingerprint density at radius 3 is 2.39 bits per heavy atom. The number of nitrogens with one attached hydrogen (secondary N) is 2. The highest BCUT2D eigenvalue weighted by atomic mass is 79.9. The van der Waals surface area contributed by atoms with E-state index in [1.54, 1.807) is 0 Å². The molecule has 128 valence electrons. The van der Waals surface area contributed by atoms with Gasteiger partial charge in [-0.25, -0.2) is 4.79 Å². The quantitative estimate of drug-likeness (QED) is 0.572. The molecule has 4 aliphatic carbocycles. The van der Waals surface area contributed by atoms with Gasteiger partial charge in [-0.2, -0.15) is 0 Å². The van der Waals surface area contributed by atoms with Gasteiger partial charge in [0, 0.05) is 11.4 Å². The average Bonchev–Trinajstić information content (AvgIpc) is 2.41. The summed E-state index contributed by atoms with van der Waals surface area (Å²) in [5, 5.41) is 4.35. The highest BCUT2D eigenvalue weighted by molar-refractivity contribution is 9.10. The summed E-state index contributed by atoms with van der Waals surface area (Å²) >= 11 is 3.92. The predicted molar refractivity (Wildman–Crippen MR) is 86.9 cm³/mol. The van der Waals surface area contributed by atoms with E-state index in [0.717, 1.165) is 19.3 Å². The third-order valence-electron chi connectivity index (χ3n) is 5.47. The number of carbonyl (C=O) groups is 3. The smallest absolute Gasteiger partial charge is 0.321 e. The summed E-state index contributed by atoms with van der Waals surface area (Å²) < 4.78 is 5.28. The fraction of sp³-hybridized carbons (Fsp3) is 0.812. The Hall–Kier alpha value is -1.11. The minimum Gasteiger partial charge on any atom is -0.456 e. The van der Waals surface area contributed by atoms with Gasteiger partial charge in [-0.15, -0.1) is 0 Å². The normalized spacial score (nSPS) is 37.3. The largest absolute Gasteiger partial charge is 0.456 e. The maximum Gasteiger partial charge on any atom is 0.321 e. The molecule has 4 aliphatic rings. The number of alkyl halides is 1. The van der Waals surface area contributed by atoms with Gasteiger partial charge in [-0.1, -0.05) is 15.9 Å². The number of hydrogen-bond donors (Lipinski definition) is 2. The average molecular weight is 387 g/mol. The van der Waals surface area contributed by atoms with E-state index in [0.29, 0.717) is 18.3 Å². The molecule has 0 aliphatic heterocycles. The van der Waals surface area contributed by atoms with Gasteiger partial charge in [0.25, 0.3) is 5.91 Å². The number of ether oxygens (including phenoxy) is 1. The fourth-order valence-electron chi connectivity index (χ4n) is 5.27. The monoisotopic (exact) mass is 386 g/mol. The van der Waals surface area contributed by atoms with E-state index in [2.05, 4.69) is 26.6 Å². The second-order valence-corrected chi connectivity index (χ2v) is 9.26. The highest BCUT2D eigenvalue weighted by Crippen LogP contribution is 2.65. The maximum absolute atomic E-state index is 12.2. The number of esters is 1. The van der Waals surface area contributed by atoms with Crippen molar-refractivity contribution in [3.63, 3.8) is 0 Å². The minimum absolute atomic E-state index is 0.0297. The molecule has 0 saturated heterocycles. The van der Waals surface area contributed by atoms with Crippen LogP contribution in [0.2, 0.25) is 0 Å². The van der Waals surface area contributed by atoms with E-state index in [-0.39, 0.29) is 15.7 Å². The molecule has 4 saturated carbocycles. The molecule has 3 amide bonds. The molecule has 0 radical (unpaired) electrons. The molecular formula is C16H23BrN2O4. The molecule has 2 unspecified atom stereocenters. The van der Waals surface area contributed by atoms with Crippen molar-refractivity contribution in [2.45, 2.75) is 49.3 Å². The molecule has 23 heavy (non-hydrogen) atoms. The summed E-state index contributed by atoms with van der Waals surface area (Å²) in [6.07, 6.45) is 7.31. The van der Waals surface area contributed by atoms with E-state index >= 15 is 0 Å². The van der Waals surface area contributed by atoms with Crippen LogP contribution in [0.25, 0.3) is 0 Å². The van der Waals surface area contributed by atoms with Crippen molar-refractivity contribution in [1.29, 1.82) is 0 Å². The third-order valence-corrected chi connectivity index (χ3v) is 6.40. The number of amides is 3. The van der Waals surface area contributed by atoms with Crippen molar-refractivity contribution in [3.8, 4) is 0 Å². The van der Waals surface area contributed by atoms with E-state index in [1.807, 2.05) is 0 Å². The van der Waals surface area contributed by atoms with Gasteiger partial charge >= 0.3 is 12.0 Å². The van der Waals surface area contributed by atoms with Gasteiger partial charge in [0.15, 0.2) is 6.61 Å². The Labute approximate surface area is 144 Å². The summed E-state index contributed by atoms with van der Waals surface area (Å²) in [6.45, 7) is -0.408. The summed E-state index contributed by atoms with van der Waals surface area (Å²) in [5.74, 6) is 0.468. The topological polar surface area (TPSA) is 84.5 Å². The number of imide groups is 1. The van der Waals surface area contributed by atoms with Gasteiger partial charge in [-0.3, -0.25) is 14.9 Å². The van der Waals surface area contributed by atoms with Crippen LogP contribution in [0.4, 0.5) is 4.79 Å². The first-order chi connectivity index (χ1) is 10.8. The summed E-state index contributed by atoms with van der Waals surface area (Å²) in [7, 11) is 1.41. The van der Waals surface area contributed by atoms with Crippen LogP contribution in [0.15, 0.2) is 0 Å². The molecule has 0 aromatic heterocycles. The highest BCUT2D eigenvalue weighted by Gasteiger charge is 2.57. The molecule has 7 heteroatoms. The molecule has 4 bridgehead atoms. The molecular weight excluding hydrogens is 364 g/mol. The van der Waals surface area contributed by atoms with Crippen LogP contribution < -0.4 is 10.6 Å². The first kappa shape index (κ1) is 16.7. The van der Waals surface area contributed by atoms with Gasteiger partial charge in [0.2, 0.25) is 0 Å². The van der Waals surface area contributed by atoms with Crippen LogP contribution in [0.3, 0.4) is 0 Å². The molecule has 2 N–H and O–H groups in total. The lowest BCUT2D eigenvalue weighted by atomic mass is 9.49. The zero-order valence-electron chi connectivity index (χ0n) is 13.3. The molecule has 0 spiro atoms. The first-order valence-electron chi connectivity index (χ1n) is 8.18. The summed E-state index contributed by atoms with van der Waals surface area (Å²) in [5.41, 5.74) is 0.0297. The van der Waals surface area contributed by atoms with E-state index < -0.39 is 18.5 Å². The lowest BCUT2D eigenvalue weighted by Gasteiger charge is -2.60. The summed E-state index contributed by atoms with van der Waals surface area (Å²) in [6, 6.07) is -0.603. The zero-order chi connectivity index (χ0) is 16.7. The Balaban J connectivity index is 1.52. The van der Waals surface area contributed by atoms with Crippen LogP contribution in [-0.2, 0) is 14.3 Å². The van der Waals surface area contributed by atoms with Crippen LogP contribution >= 0.6 is 15.9 Å². The Bertz CT molecular complexity index is 522. The van der Waals surface area contributed by atoms with Crippen LogP contribution in [0.1, 0.15) is 44.9 Å². The van der Waals surface area contributed by atoms with Gasteiger partial charge in [0.1, 0.15) is 0 Å². The standard InChI is InChI=1S/C16H23BrN2O4/c1-18-14(22)19-12(20)8-23-13(21)7-15-3-10-2-11(4-15)6-16(17,5-10)9-15/h10-11H,2-9H2,1H3,(H2,18,19,20,22)/t10-,11+,15?,16?. The molecule has 0 aromatic rings. The Kier molecular flexibility index (Phi) is 4.42. The Morgan fingerprint density at radius 2 is 1.83 bits per heavy atom. The van der Waals surface area contributed by atoms with Crippen LogP contribution in [0.5, 0.6) is 0 Å². The number of urea groups is 1. The first-order valence-corrected chi connectivity index (χ1v) is 8.97. The molecule has 4 fully saturated rings. The van der Waals surface area contributed by atoms with Crippen molar-refractivity contribution in [2.75, 3.05) is 13.7 Å². The minimum atomic E-state index is -0.611. The van der Waals surface area contributed by atoms with Crippen molar-refractivity contribution in [1.82, 2.24) is 10.6 Å². The van der Waals surface area contributed by atoms with Crippen molar-refractivity contribution in [2.24, 2.45) is 17.3 Å². The second kappa shape index (κ2) is 6.07. The van der Waals surface area contributed by atoms with Gasteiger partial charge in [-0.05, 0) is 55.8 Å². The van der Waals surface area contributed by atoms with Gasteiger partial charge < -0.3 is 10.1 Å². The molecule has 6 nitrogen and oxygen atoms in total. The molecule has 4 rings (SSSR count). The third kappa shape index (κ3) is 3.70. The van der Waals surface area contributed by atoms with E-state index in [9.17, 15) is 14.4 Å². The molecule has 0 aromatic carbocycles.